The van der Waals surface area contributed by atoms with Crippen LogP contribution < -0.4 is 5.32 Å². The zero-order valence-electron chi connectivity index (χ0n) is 17.5. The molecular formula is C21H26N6O2S2. The number of aliphatic imine (C=N–C) groups is 1. The maximum absolute atomic E-state index is 12.8. The molecule has 10 heteroatoms. The van der Waals surface area contributed by atoms with E-state index in [1.165, 1.54) is 17.5 Å². The van der Waals surface area contributed by atoms with Gasteiger partial charge in [-0.1, -0.05) is 36.7 Å². The second-order valence-electron chi connectivity index (χ2n) is 8.08. The number of guanidine groups is 1. The number of rotatable bonds is 4. The summed E-state index contributed by atoms with van der Waals surface area (Å²) in [5.74, 6) is 1.39. The summed E-state index contributed by atoms with van der Waals surface area (Å²) >= 11 is 3.40. The Kier molecular flexibility index (Phi) is 5.75. The highest BCUT2D eigenvalue weighted by atomic mass is 32.2. The highest BCUT2D eigenvalue weighted by molar-refractivity contribution is 8.01. The van der Waals surface area contributed by atoms with Gasteiger partial charge in [0.05, 0.1) is 10.2 Å². The number of carbonyl (C=O) groups excluding carboxylic acids is 2. The van der Waals surface area contributed by atoms with Gasteiger partial charge in [0.15, 0.2) is 22.5 Å². The summed E-state index contributed by atoms with van der Waals surface area (Å²) in [6.07, 6.45) is 4.24. The van der Waals surface area contributed by atoms with Gasteiger partial charge in [0, 0.05) is 32.4 Å². The Morgan fingerprint density at radius 2 is 1.94 bits per heavy atom. The SMILES string of the molecule is CN1C(=O)NC(=O)C2C1N=C(N1CCCCCC1)N2CCSc1nc2ccccc2s1. The van der Waals surface area contributed by atoms with Crippen molar-refractivity contribution in [3.05, 3.63) is 24.3 Å². The number of carbonyl (C=O) groups is 2. The minimum atomic E-state index is -0.475. The molecule has 3 aliphatic heterocycles. The summed E-state index contributed by atoms with van der Waals surface area (Å²) < 4.78 is 2.22. The minimum absolute atomic E-state index is 0.258. The number of thiazole rings is 1. The van der Waals surface area contributed by atoms with Crippen molar-refractivity contribution in [2.75, 3.05) is 32.4 Å². The number of hydrogen-bond acceptors (Lipinski definition) is 8. The Bertz CT molecular complexity index is 983. The monoisotopic (exact) mass is 458 g/mol. The highest BCUT2D eigenvalue weighted by Gasteiger charge is 2.49. The second-order valence-corrected chi connectivity index (χ2v) is 10.5. The number of benzene rings is 1. The Labute approximate surface area is 189 Å². The van der Waals surface area contributed by atoms with E-state index in [-0.39, 0.29) is 11.9 Å². The molecule has 2 fully saturated rings. The zero-order chi connectivity index (χ0) is 21.4. The van der Waals surface area contributed by atoms with Crippen LogP contribution in [0.3, 0.4) is 0 Å². The maximum atomic E-state index is 12.8. The fraction of sp³-hybridized carbons (Fsp3) is 0.524. The van der Waals surface area contributed by atoms with Crippen LogP contribution in [0.15, 0.2) is 33.6 Å². The standard InChI is InChI=1S/C21H26N6O2S2/c1-25-17-16(18(28)24-20(25)29)27(19(23-17)26-10-6-2-3-7-11-26)12-13-30-21-22-14-8-4-5-9-15(14)31-21/h4-5,8-9,16-17H,2-3,6-7,10-13H2,1H3,(H,24,28,29). The van der Waals surface area contributed by atoms with E-state index in [9.17, 15) is 9.59 Å². The van der Waals surface area contributed by atoms with Crippen LogP contribution in [0, 0.1) is 0 Å². The van der Waals surface area contributed by atoms with Gasteiger partial charge in [-0.2, -0.15) is 0 Å². The van der Waals surface area contributed by atoms with E-state index < -0.39 is 12.2 Å². The van der Waals surface area contributed by atoms with Crippen LogP contribution in [0.25, 0.3) is 10.2 Å². The number of amides is 3. The molecule has 0 saturated carbocycles. The third-order valence-electron chi connectivity index (χ3n) is 6.06. The summed E-state index contributed by atoms with van der Waals surface area (Å²) in [6.45, 7) is 2.56. The van der Waals surface area contributed by atoms with E-state index >= 15 is 0 Å². The molecule has 8 nitrogen and oxygen atoms in total. The molecule has 5 rings (SSSR count). The molecule has 2 unspecified atom stereocenters. The van der Waals surface area contributed by atoms with Gasteiger partial charge in [0.25, 0.3) is 5.91 Å². The number of nitrogens with one attached hydrogen (secondary N) is 1. The lowest BCUT2D eigenvalue weighted by Gasteiger charge is -2.37. The zero-order valence-corrected chi connectivity index (χ0v) is 19.1. The topological polar surface area (TPSA) is 81.1 Å². The molecule has 1 aromatic carbocycles. The summed E-state index contributed by atoms with van der Waals surface area (Å²) in [4.78, 5) is 40.5. The number of urea groups is 1. The molecule has 3 aliphatic rings. The van der Waals surface area contributed by atoms with Crippen molar-refractivity contribution in [3.8, 4) is 0 Å². The number of likely N-dealkylation sites (N-methyl/N-ethyl adjacent to an activating group) is 1. The first-order valence-corrected chi connectivity index (χ1v) is 12.6. The van der Waals surface area contributed by atoms with E-state index in [0.29, 0.717) is 6.54 Å². The molecule has 164 valence electrons. The fourth-order valence-corrected chi connectivity index (χ4v) is 6.51. The number of para-hydroxylation sites is 1. The maximum Gasteiger partial charge on any atom is 0.325 e. The molecule has 4 heterocycles. The predicted octanol–water partition coefficient (Wildman–Crippen LogP) is 2.81. The minimum Gasteiger partial charge on any atom is -0.343 e. The first-order valence-electron chi connectivity index (χ1n) is 10.8. The van der Waals surface area contributed by atoms with Gasteiger partial charge < -0.3 is 14.7 Å². The van der Waals surface area contributed by atoms with Gasteiger partial charge in [-0.15, -0.1) is 11.3 Å². The molecule has 2 atom stereocenters. The molecule has 1 N–H and O–H groups in total. The molecule has 2 saturated heterocycles. The number of hydrogen-bond donors (Lipinski definition) is 1. The largest absolute Gasteiger partial charge is 0.343 e. The molecular weight excluding hydrogens is 432 g/mol. The van der Waals surface area contributed by atoms with Crippen molar-refractivity contribution in [2.24, 2.45) is 4.99 Å². The van der Waals surface area contributed by atoms with E-state index in [4.69, 9.17) is 9.98 Å². The lowest BCUT2D eigenvalue weighted by atomic mass is 10.1. The average molecular weight is 459 g/mol. The molecule has 1 aromatic heterocycles. The van der Waals surface area contributed by atoms with Crippen LogP contribution in [0.5, 0.6) is 0 Å². The number of aromatic nitrogens is 1. The number of thioether (sulfide) groups is 1. The summed E-state index contributed by atoms with van der Waals surface area (Å²) in [6, 6.07) is 7.30. The Balaban J connectivity index is 1.34. The van der Waals surface area contributed by atoms with Crippen LogP contribution in [-0.2, 0) is 4.79 Å². The number of fused-ring (bicyclic) bond motifs is 2. The third-order valence-corrected chi connectivity index (χ3v) is 8.22. The Morgan fingerprint density at radius 3 is 2.71 bits per heavy atom. The van der Waals surface area contributed by atoms with Crippen LogP contribution >= 0.6 is 23.1 Å². The van der Waals surface area contributed by atoms with E-state index in [2.05, 4.69) is 21.2 Å². The predicted molar refractivity (Wildman–Crippen MR) is 123 cm³/mol. The van der Waals surface area contributed by atoms with Crippen molar-refractivity contribution in [3.63, 3.8) is 0 Å². The van der Waals surface area contributed by atoms with Gasteiger partial charge in [0.1, 0.15) is 0 Å². The smallest absolute Gasteiger partial charge is 0.325 e. The van der Waals surface area contributed by atoms with Gasteiger partial charge >= 0.3 is 6.03 Å². The van der Waals surface area contributed by atoms with Crippen molar-refractivity contribution < 1.29 is 9.59 Å². The van der Waals surface area contributed by atoms with Gasteiger partial charge in [-0.3, -0.25) is 10.1 Å². The first-order chi connectivity index (χ1) is 15.1. The first kappa shape index (κ1) is 20.6. The summed E-state index contributed by atoms with van der Waals surface area (Å²) in [7, 11) is 1.71. The van der Waals surface area contributed by atoms with Crippen LogP contribution in [0.4, 0.5) is 4.79 Å². The number of likely N-dealkylation sites (tertiary alicyclic amines) is 1. The lowest BCUT2D eigenvalue weighted by molar-refractivity contribution is -0.127. The van der Waals surface area contributed by atoms with Crippen molar-refractivity contribution in [1.29, 1.82) is 0 Å². The molecule has 0 aliphatic carbocycles. The fourth-order valence-electron chi connectivity index (χ4n) is 4.43. The summed E-state index contributed by atoms with van der Waals surface area (Å²) in [5, 5.41) is 2.49. The second kappa shape index (κ2) is 8.66. The van der Waals surface area contributed by atoms with Gasteiger partial charge in [-0.25, -0.2) is 14.8 Å². The van der Waals surface area contributed by atoms with E-state index in [1.54, 1.807) is 35.0 Å². The van der Waals surface area contributed by atoms with Crippen molar-refractivity contribution in [2.45, 2.75) is 42.2 Å². The third kappa shape index (κ3) is 3.98. The molecule has 31 heavy (non-hydrogen) atoms. The Hall–Kier alpha value is -2.33. The van der Waals surface area contributed by atoms with Crippen LogP contribution in [-0.4, -0.2) is 82.2 Å². The lowest BCUT2D eigenvalue weighted by Crippen LogP contribution is -2.64. The highest BCUT2D eigenvalue weighted by Crippen LogP contribution is 2.31. The Morgan fingerprint density at radius 1 is 1.16 bits per heavy atom. The van der Waals surface area contributed by atoms with Gasteiger partial charge in [0.2, 0.25) is 0 Å². The quantitative estimate of drug-likeness (QED) is 0.710. The normalized spacial score (nSPS) is 24.3. The number of imide groups is 1. The average Bonchev–Trinajstić information content (AvgIpc) is 3.24. The summed E-state index contributed by atoms with van der Waals surface area (Å²) in [5.41, 5.74) is 1.02. The molecule has 3 amide bonds. The van der Waals surface area contributed by atoms with Crippen molar-refractivity contribution >= 4 is 51.2 Å². The molecule has 0 bridgehead atoms. The number of nitrogens with zero attached hydrogens (tertiary/aromatic N) is 5. The van der Waals surface area contributed by atoms with Crippen LogP contribution in [0.2, 0.25) is 0 Å². The van der Waals surface area contributed by atoms with Crippen LogP contribution in [0.1, 0.15) is 25.7 Å². The van der Waals surface area contributed by atoms with E-state index in [0.717, 1.165) is 47.5 Å². The van der Waals surface area contributed by atoms with E-state index in [1.807, 2.05) is 18.2 Å². The molecule has 2 aromatic rings. The molecule has 0 spiro atoms. The molecule has 0 radical (unpaired) electrons. The van der Waals surface area contributed by atoms with Crippen molar-refractivity contribution in [1.82, 2.24) is 25.0 Å². The van der Waals surface area contributed by atoms with Gasteiger partial charge in [-0.05, 0) is 25.0 Å².